The maximum absolute atomic E-state index is 5.82. The Kier molecular flexibility index (Phi) is 7.20. The number of thioether (sulfide) groups is 1. The summed E-state index contributed by atoms with van der Waals surface area (Å²) in [7, 11) is 3.44. The first-order valence-corrected chi connectivity index (χ1v) is 10.9. The second-order valence-corrected chi connectivity index (χ2v) is 8.58. The number of ether oxygens (including phenoxy) is 3. The van der Waals surface area contributed by atoms with E-state index >= 15 is 0 Å². The van der Waals surface area contributed by atoms with Crippen LogP contribution < -0.4 is 9.47 Å². The third kappa shape index (κ3) is 4.40. The summed E-state index contributed by atoms with van der Waals surface area (Å²) in [6.07, 6.45) is 6.71. The number of rotatable bonds is 7. The SMILES string of the molecule is COc1ccc2c(c1OC)C(COCCCl)SCC(C1CCCC1)C2. The van der Waals surface area contributed by atoms with Crippen LogP contribution in [0.25, 0.3) is 0 Å². The Morgan fingerprint density at radius 3 is 2.60 bits per heavy atom. The normalized spacial score (nSPS) is 24.0. The van der Waals surface area contributed by atoms with Gasteiger partial charge < -0.3 is 14.2 Å². The van der Waals surface area contributed by atoms with E-state index in [1.54, 1.807) is 14.2 Å². The van der Waals surface area contributed by atoms with Crippen molar-refractivity contribution in [2.45, 2.75) is 37.4 Å². The van der Waals surface area contributed by atoms with Crippen LogP contribution in [0.3, 0.4) is 0 Å². The number of hydrogen-bond acceptors (Lipinski definition) is 4. The topological polar surface area (TPSA) is 27.7 Å². The zero-order chi connectivity index (χ0) is 17.6. The minimum Gasteiger partial charge on any atom is -0.493 e. The highest BCUT2D eigenvalue weighted by Gasteiger charge is 2.33. The van der Waals surface area contributed by atoms with Crippen LogP contribution in [0.4, 0.5) is 0 Å². The van der Waals surface area contributed by atoms with Gasteiger partial charge >= 0.3 is 0 Å². The number of halogens is 1. The van der Waals surface area contributed by atoms with E-state index in [0.717, 1.165) is 29.8 Å². The Morgan fingerprint density at radius 2 is 1.92 bits per heavy atom. The average molecular weight is 385 g/mol. The van der Waals surface area contributed by atoms with Crippen molar-refractivity contribution >= 4 is 23.4 Å². The fraction of sp³-hybridized carbons (Fsp3) is 0.700. The van der Waals surface area contributed by atoms with Gasteiger partial charge in [0.1, 0.15) is 0 Å². The Labute approximate surface area is 160 Å². The summed E-state index contributed by atoms with van der Waals surface area (Å²) in [5.41, 5.74) is 2.67. The minimum absolute atomic E-state index is 0.273. The standard InChI is InChI=1S/C20H29ClO3S/c1-22-17-8-7-15-11-16(14-5-3-4-6-14)13-25-18(12-24-10-9-21)19(15)20(17)23-2/h7-8,14,16,18H,3-6,9-13H2,1-2H3. The molecule has 5 heteroatoms. The maximum Gasteiger partial charge on any atom is 0.165 e. The molecule has 0 N–H and O–H groups in total. The summed E-state index contributed by atoms with van der Waals surface area (Å²) in [4.78, 5) is 0. The predicted molar refractivity (Wildman–Crippen MR) is 105 cm³/mol. The van der Waals surface area contributed by atoms with Crippen LogP contribution in [-0.2, 0) is 11.2 Å². The molecule has 140 valence electrons. The molecule has 0 amide bonds. The van der Waals surface area contributed by atoms with E-state index in [1.807, 2.05) is 11.8 Å². The molecule has 2 aliphatic rings. The Bertz CT molecular complexity index is 560. The van der Waals surface area contributed by atoms with Crippen molar-refractivity contribution in [3.05, 3.63) is 23.3 Å². The van der Waals surface area contributed by atoms with Crippen LogP contribution >= 0.6 is 23.4 Å². The molecule has 1 aromatic carbocycles. The van der Waals surface area contributed by atoms with Gasteiger partial charge in [-0.15, -0.1) is 11.6 Å². The van der Waals surface area contributed by atoms with Gasteiger partial charge in [-0.2, -0.15) is 11.8 Å². The van der Waals surface area contributed by atoms with Crippen molar-refractivity contribution in [1.29, 1.82) is 0 Å². The molecule has 0 bridgehead atoms. The molecule has 0 spiro atoms. The van der Waals surface area contributed by atoms with E-state index in [0.29, 0.717) is 19.1 Å². The lowest BCUT2D eigenvalue weighted by atomic mass is 9.85. The molecule has 0 aromatic heterocycles. The highest BCUT2D eigenvalue weighted by atomic mass is 35.5. The second-order valence-electron chi connectivity index (χ2n) is 6.97. The zero-order valence-electron chi connectivity index (χ0n) is 15.3. The minimum atomic E-state index is 0.273. The highest BCUT2D eigenvalue weighted by Crippen LogP contribution is 2.48. The van der Waals surface area contributed by atoms with Crippen molar-refractivity contribution in [1.82, 2.24) is 0 Å². The molecule has 3 nitrogen and oxygen atoms in total. The number of methoxy groups -OCH3 is 2. The molecule has 1 saturated carbocycles. The van der Waals surface area contributed by atoms with Crippen molar-refractivity contribution in [3.8, 4) is 11.5 Å². The van der Waals surface area contributed by atoms with Gasteiger partial charge in [0.25, 0.3) is 0 Å². The summed E-state index contributed by atoms with van der Waals surface area (Å²) >= 11 is 7.81. The third-order valence-corrected chi connectivity index (χ3v) is 7.10. The largest absolute Gasteiger partial charge is 0.493 e. The molecule has 1 aliphatic heterocycles. The van der Waals surface area contributed by atoms with Gasteiger partial charge in [-0.05, 0) is 35.6 Å². The van der Waals surface area contributed by atoms with E-state index in [2.05, 4.69) is 12.1 Å². The first-order chi connectivity index (χ1) is 12.3. The zero-order valence-corrected chi connectivity index (χ0v) is 16.8. The van der Waals surface area contributed by atoms with Crippen LogP contribution in [0.15, 0.2) is 12.1 Å². The summed E-state index contributed by atoms with van der Waals surface area (Å²) in [5, 5.41) is 0.273. The molecule has 0 saturated heterocycles. The van der Waals surface area contributed by atoms with Gasteiger partial charge in [-0.3, -0.25) is 0 Å². The fourth-order valence-electron chi connectivity index (χ4n) is 4.29. The van der Waals surface area contributed by atoms with Crippen LogP contribution in [-0.4, -0.2) is 39.1 Å². The quantitative estimate of drug-likeness (QED) is 0.483. The van der Waals surface area contributed by atoms with Crippen LogP contribution in [0.1, 0.15) is 42.1 Å². The predicted octanol–water partition coefficient (Wildman–Crippen LogP) is 5.10. The number of hydrogen-bond donors (Lipinski definition) is 0. The molecule has 2 atom stereocenters. The van der Waals surface area contributed by atoms with E-state index < -0.39 is 0 Å². The summed E-state index contributed by atoms with van der Waals surface area (Å²) in [6.45, 7) is 1.26. The van der Waals surface area contributed by atoms with E-state index in [4.69, 9.17) is 25.8 Å². The Balaban J connectivity index is 1.91. The average Bonchev–Trinajstić information content (AvgIpc) is 3.11. The molecular formula is C20H29ClO3S. The van der Waals surface area contributed by atoms with Gasteiger partial charge in [-0.1, -0.05) is 31.7 Å². The third-order valence-electron chi connectivity index (χ3n) is 5.55. The number of benzene rings is 1. The van der Waals surface area contributed by atoms with Crippen molar-refractivity contribution < 1.29 is 14.2 Å². The lowest BCUT2D eigenvalue weighted by Crippen LogP contribution is -2.16. The first kappa shape index (κ1) is 19.2. The summed E-state index contributed by atoms with van der Waals surface area (Å²) in [5.74, 6) is 5.03. The van der Waals surface area contributed by atoms with Gasteiger partial charge in [0, 0.05) is 11.4 Å². The van der Waals surface area contributed by atoms with E-state index in [-0.39, 0.29) is 5.25 Å². The van der Waals surface area contributed by atoms with Gasteiger partial charge in [0.05, 0.1) is 32.7 Å². The van der Waals surface area contributed by atoms with Crippen LogP contribution in [0, 0.1) is 11.8 Å². The molecular weight excluding hydrogens is 356 g/mol. The molecule has 1 aliphatic carbocycles. The van der Waals surface area contributed by atoms with Crippen molar-refractivity contribution in [2.24, 2.45) is 11.8 Å². The van der Waals surface area contributed by atoms with Crippen molar-refractivity contribution in [3.63, 3.8) is 0 Å². The molecule has 2 unspecified atom stereocenters. The second kappa shape index (κ2) is 9.38. The smallest absolute Gasteiger partial charge is 0.165 e. The fourth-order valence-corrected chi connectivity index (χ4v) is 5.89. The highest BCUT2D eigenvalue weighted by molar-refractivity contribution is 7.99. The van der Waals surface area contributed by atoms with Crippen LogP contribution in [0.2, 0.25) is 0 Å². The van der Waals surface area contributed by atoms with E-state index in [1.165, 1.54) is 42.6 Å². The molecule has 1 aromatic rings. The molecule has 3 rings (SSSR count). The Morgan fingerprint density at radius 1 is 1.12 bits per heavy atom. The molecule has 25 heavy (non-hydrogen) atoms. The maximum atomic E-state index is 5.82. The van der Waals surface area contributed by atoms with Gasteiger partial charge in [-0.25, -0.2) is 0 Å². The van der Waals surface area contributed by atoms with Crippen molar-refractivity contribution in [2.75, 3.05) is 39.1 Å². The summed E-state index contributed by atoms with van der Waals surface area (Å²) < 4.78 is 17.1. The monoisotopic (exact) mass is 384 g/mol. The summed E-state index contributed by atoms with van der Waals surface area (Å²) in [6, 6.07) is 4.29. The number of alkyl halides is 1. The lowest BCUT2D eigenvalue weighted by Gasteiger charge is -2.22. The first-order valence-electron chi connectivity index (χ1n) is 9.27. The van der Waals surface area contributed by atoms with Gasteiger partial charge in [0.15, 0.2) is 11.5 Å². The van der Waals surface area contributed by atoms with E-state index in [9.17, 15) is 0 Å². The molecule has 0 radical (unpaired) electrons. The Hall–Kier alpha value is -0.580. The van der Waals surface area contributed by atoms with Crippen LogP contribution in [0.5, 0.6) is 11.5 Å². The van der Waals surface area contributed by atoms with Gasteiger partial charge in [0.2, 0.25) is 0 Å². The lowest BCUT2D eigenvalue weighted by molar-refractivity contribution is 0.150. The number of fused-ring (bicyclic) bond motifs is 1. The molecule has 1 heterocycles. The molecule has 1 fully saturated rings.